The first-order chi connectivity index (χ1) is 7.65. The van der Waals surface area contributed by atoms with E-state index < -0.39 is 17.2 Å². The summed E-state index contributed by atoms with van der Waals surface area (Å²) in [5.41, 5.74) is 0. The van der Waals surface area contributed by atoms with Crippen LogP contribution in [0.1, 0.15) is 19.8 Å². The molecular formula is C10H16O5S. The fraction of sp³-hybridized carbons (Fsp3) is 0.800. The van der Waals surface area contributed by atoms with Crippen molar-refractivity contribution in [3.63, 3.8) is 0 Å². The largest absolute Gasteiger partial charge is 0.480 e. The van der Waals surface area contributed by atoms with Crippen LogP contribution < -0.4 is 0 Å². The molecule has 1 N–H and O–H groups in total. The number of carboxylic acid groups (broad SMARTS) is 1. The lowest BCUT2D eigenvalue weighted by molar-refractivity contribution is -0.149. The molecule has 0 radical (unpaired) electrons. The van der Waals surface area contributed by atoms with Gasteiger partial charge in [0.2, 0.25) is 0 Å². The first-order valence-corrected chi connectivity index (χ1v) is 6.22. The van der Waals surface area contributed by atoms with Gasteiger partial charge in [-0.05, 0) is 19.8 Å². The van der Waals surface area contributed by atoms with E-state index in [1.165, 1.54) is 11.8 Å². The summed E-state index contributed by atoms with van der Waals surface area (Å²) in [6.07, 6.45) is 1.57. The second-order valence-corrected chi connectivity index (χ2v) is 4.83. The fourth-order valence-corrected chi connectivity index (χ4v) is 2.58. The van der Waals surface area contributed by atoms with Gasteiger partial charge in [0.25, 0.3) is 0 Å². The highest BCUT2D eigenvalue weighted by Crippen LogP contribution is 2.27. The zero-order valence-electron chi connectivity index (χ0n) is 9.18. The van der Waals surface area contributed by atoms with Gasteiger partial charge < -0.3 is 14.6 Å². The van der Waals surface area contributed by atoms with Crippen LogP contribution in [-0.2, 0) is 19.1 Å². The third kappa shape index (κ3) is 4.02. The summed E-state index contributed by atoms with van der Waals surface area (Å²) in [7, 11) is 0. The molecule has 1 unspecified atom stereocenters. The third-order valence-corrected chi connectivity index (χ3v) is 3.74. The molecule has 1 aliphatic heterocycles. The smallest absolute Gasteiger partial charge is 0.330 e. The lowest BCUT2D eigenvalue weighted by Crippen LogP contribution is -2.32. The minimum absolute atomic E-state index is 0.166. The van der Waals surface area contributed by atoms with E-state index in [2.05, 4.69) is 0 Å². The molecule has 0 bridgehead atoms. The van der Waals surface area contributed by atoms with Crippen molar-refractivity contribution in [1.82, 2.24) is 0 Å². The Morgan fingerprint density at radius 2 is 2.12 bits per heavy atom. The van der Waals surface area contributed by atoms with Gasteiger partial charge in [-0.25, -0.2) is 0 Å². The van der Waals surface area contributed by atoms with Gasteiger partial charge in [0.05, 0.1) is 6.61 Å². The Bertz CT molecular complexity index is 250. The van der Waals surface area contributed by atoms with Crippen LogP contribution in [0.4, 0.5) is 0 Å². The first kappa shape index (κ1) is 13.3. The molecule has 1 rings (SSSR count). The number of aliphatic carboxylic acids is 1. The molecule has 1 fully saturated rings. The Kier molecular flexibility index (Phi) is 5.62. The minimum Gasteiger partial charge on any atom is -0.480 e. The molecule has 0 aromatic rings. The summed E-state index contributed by atoms with van der Waals surface area (Å²) in [5, 5.41) is 8.01. The second kappa shape index (κ2) is 6.75. The maximum Gasteiger partial charge on any atom is 0.330 e. The monoisotopic (exact) mass is 248 g/mol. The molecular weight excluding hydrogens is 232 g/mol. The molecule has 0 aromatic carbocycles. The van der Waals surface area contributed by atoms with Crippen molar-refractivity contribution in [2.75, 3.05) is 19.8 Å². The molecule has 0 aliphatic carbocycles. The molecule has 6 heteroatoms. The van der Waals surface area contributed by atoms with Crippen LogP contribution in [0.15, 0.2) is 0 Å². The Morgan fingerprint density at radius 3 is 2.62 bits per heavy atom. The zero-order chi connectivity index (χ0) is 12.0. The van der Waals surface area contributed by atoms with E-state index >= 15 is 0 Å². The summed E-state index contributed by atoms with van der Waals surface area (Å²) in [4.78, 5) is 22.3. The number of carboxylic acids is 1. The standard InChI is InChI=1S/C10H16O5S/c1-2-15-10(13)8(9(11)12)16-7-3-5-14-6-4-7/h7-8H,2-6H2,1H3,(H,11,12). The summed E-state index contributed by atoms with van der Waals surface area (Å²) >= 11 is 1.17. The summed E-state index contributed by atoms with van der Waals surface area (Å²) < 4.78 is 9.91. The lowest BCUT2D eigenvalue weighted by atomic mass is 10.2. The normalized spacial score (nSPS) is 19.1. The zero-order valence-corrected chi connectivity index (χ0v) is 10.00. The number of carbonyl (C=O) groups is 2. The van der Waals surface area contributed by atoms with Crippen molar-refractivity contribution >= 4 is 23.7 Å². The Hall–Kier alpha value is -0.750. The molecule has 16 heavy (non-hydrogen) atoms. The van der Waals surface area contributed by atoms with Crippen LogP contribution in [0.3, 0.4) is 0 Å². The highest BCUT2D eigenvalue weighted by molar-refractivity contribution is 8.01. The van der Waals surface area contributed by atoms with Gasteiger partial charge in [0, 0.05) is 18.5 Å². The highest BCUT2D eigenvalue weighted by Gasteiger charge is 2.32. The SMILES string of the molecule is CCOC(=O)C(SC1CCOCC1)C(=O)O. The summed E-state index contributed by atoms with van der Waals surface area (Å²) in [5.74, 6) is -1.79. The van der Waals surface area contributed by atoms with Crippen molar-refractivity contribution in [2.24, 2.45) is 0 Å². The Labute approximate surface area is 98.5 Å². The van der Waals surface area contributed by atoms with Crippen molar-refractivity contribution in [2.45, 2.75) is 30.3 Å². The molecule has 0 aromatic heterocycles. The van der Waals surface area contributed by atoms with Crippen LogP contribution in [0.2, 0.25) is 0 Å². The summed E-state index contributed by atoms with van der Waals surface area (Å²) in [6, 6.07) is 0. The quantitative estimate of drug-likeness (QED) is 0.576. The predicted molar refractivity (Wildman–Crippen MR) is 59.5 cm³/mol. The van der Waals surface area contributed by atoms with E-state index in [0.717, 1.165) is 12.8 Å². The molecule has 1 heterocycles. The number of hydrogen-bond donors (Lipinski definition) is 1. The molecule has 1 atom stereocenters. The molecule has 5 nitrogen and oxygen atoms in total. The van der Waals surface area contributed by atoms with Gasteiger partial charge in [-0.2, -0.15) is 0 Å². The molecule has 1 aliphatic rings. The second-order valence-electron chi connectivity index (χ2n) is 3.42. The fourth-order valence-electron chi connectivity index (χ4n) is 1.44. The van der Waals surface area contributed by atoms with Crippen LogP contribution in [-0.4, -0.2) is 47.4 Å². The topological polar surface area (TPSA) is 72.8 Å². The molecule has 1 saturated heterocycles. The third-order valence-electron chi connectivity index (χ3n) is 2.22. The van der Waals surface area contributed by atoms with Crippen LogP contribution in [0.5, 0.6) is 0 Å². The number of ether oxygens (including phenoxy) is 2. The average molecular weight is 248 g/mol. The van der Waals surface area contributed by atoms with Crippen LogP contribution >= 0.6 is 11.8 Å². The minimum atomic E-state index is -1.13. The van der Waals surface area contributed by atoms with Crippen LogP contribution in [0, 0.1) is 0 Å². The van der Waals surface area contributed by atoms with Crippen molar-refractivity contribution in [3.8, 4) is 0 Å². The van der Waals surface area contributed by atoms with Crippen molar-refractivity contribution in [1.29, 1.82) is 0 Å². The van der Waals surface area contributed by atoms with E-state index in [1.807, 2.05) is 0 Å². The number of carbonyl (C=O) groups excluding carboxylic acids is 1. The number of esters is 1. The Balaban J connectivity index is 2.49. The van der Waals surface area contributed by atoms with E-state index in [4.69, 9.17) is 14.6 Å². The van der Waals surface area contributed by atoms with Gasteiger partial charge >= 0.3 is 11.9 Å². The molecule has 92 valence electrons. The van der Waals surface area contributed by atoms with E-state index in [9.17, 15) is 9.59 Å². The van der Waals surface area contributed by atoms with Gasteiger partial charge in [0.15, 0.2) is 5.25 Å². The van der Waals surface area contributed by atoms with Gasteiger partial charge in [-0.1, -0.05) is 0 Å². The van der Waals surface area contributed by atoms with Gasteiger partial charge in [-0.15, -0.1) is 11.8 Å². The molecule has 0 spiro atoms. The Morgan fingerprint density at radius 1 is 1.50 bits per heavy atom. The van der Waals surface area contributed by atoms with E-state index in [0.29, 0.717) is 13.2 Å². The molecule has 0 amide bonds. The number of hydrogen-bond acceptors (Lipinski definition) is 5. The van der Waals surface area contributed by atoms with Crippen molar-refractivity contribution < 1.29 is 24.2 Å². The first-order valence-electron chi connectivity index (χ1n) is 5.27. The maximum atomic E-state index is 11.4. The van der Waals surface area contributed by atoms with E-state index in [-0.39, 0.29) is 11.9 Å². The summed E-state index contributed by atoms with van der Waals surface area (Å²) in [6.45, 7) is 3.13. The van der Waals surface area contributed by atoms with Gasteiger partial charge in [0.1, 0.15) is 0 Å². The highest BCUT2D eigenvalue weighted by atomic mass is 32.2. The van der Waals surface area contributed by atoms with E-state index in [1.54, 1.807) is 6.92 Å². The molecule has 0 saturated carbocycles. The number of thioether (sulfide) groups is 1. The average Bonchev–Trinajstić information content (AvgIpc) is 2.27. The van der Waals surface area contributed by atoms with Gasteiger partial charge in [-0.3, -0.25) is 9.59 Å². The predicted octanol–water partition coefficient (Wildman–Crippen LogP) is 0.915. The lowest BCUT2D eigenvalue weighted by Gasteiger charge is -2.23. The van der Waals surface area contributed by atoms with Crippen molar-refractivity contribution in [3.05, 3.63) is 0 Å². The maximum absolute atomic E-state index is 11.4. The van der Waals surface area contributed by atoms with Crippen LogP contribution in [0.25, 0.3) is 0 Å². The number of rotatable bonds is 5.